The normalized spacial score (nSPS) is 13.7. The molecule has 606 valence electrons. The molecule has 3 fully saturated rings. The highest BCUT2D eigenvalue weighted by molar-refractivity contribution is 6.42. The summed E-state index contributed by atoms with van der Waals surface area (Å²) in [6, 6.07) is 36.1. The Labute approximate surface area is 685 Å². The molecule has 6 heterocycles. The first kappa shape index (κ1) is 86.3. The third-order valence-corrected chi connectivity index (χ3v) is 20.9. The molecule has 114 heavy (non-hydrogen) atoms. The van der Waals surface area contributed by atoms with Crippen LogP contribution in [0, 0.1) is 24.0 Å². The lowest BCUT2D eigenvalue weighted by molar-refractivity contribution is -0.385. The van der Waals surface area contributed by atoms with Gasteiger partial charge in [0.05, 0.1) is 93.1 Å². The molecular weight excluding hydrogens is 1540 g/mol. The Hall–Kier alpha value is -10.1. The molecule has 0 aliphatic carbocycles. The molecule has 12 rings (SSSR count). The van der Waals surface area contributed by atoms with Crippen LogP contribution in [0.1, 0.15) is 96.0 Å². The summed E-state index contributed by atoms with van der Waals surface area (Å²) < 4.78 is 34.2. The van der Waals surface area contributed by atoms with Crippen LogP contribution in [0.2, 0.25) is 20.1 Å². The number of carbonyl (C=O) groups is 5. The molecule has 3 aromatic heterocycles. The molecule has 9 aromatic rings. The number of halogens is 4. The van der Waals surface area contributed by atoms with E-state index < -0.39 is 16.9 Å². The summed E-state index contributed by atoms with van der Waals surface area (Å²) in [5.41, 5.74) is 8.24. The summed E-state index contributed by atoms with van der Waals surface area (Å²) in [4.78, 5) is 110. The van der Waals surface area contributed by atoms with Gasteiger partial charge in [0.1, 0.15) is 22.6 Å². The molecule has 0 unspecified atom stereocenters. The van der Waals surface area contributed by atoms with E-state index >= 15 is 0 Å². The van der Waals surface area contributed by atoms with Gasteiger partial charge in [-0.1, -0.05) is 87.9 Å². The zero-order valence-corrected chi connectivity index (χ0v) is 69.5. The number of methoxy groups -OCH3 is 1. The number of ether oxygens (including phenoxy) is 6. The van der Waals surface area contributed by atoms with Gasteiger partial charge in [-0.3, -0.25) is 24.5 Å². The smallest absolute Gasteiger partial charge is 0.354 e. The zero-order valence-electron chi connectivity index (χ0n) is 66.4. The summed E-state index contributed by atoms with van der Waals surface area (Å²) in [5, 5.41) is 16.1. The fourth-order valence-corrected chi connectivity index (χ4v) is 14.2. The van der Waals surface area contributed by atoms with Crippen molar-refractivity contribution in [1.29, 1.82) is 0 Å². The van der Waals surface area contributed by atoms with Crippen molar-refractivity contribution in [3.05, 3.63) is 190 Å². The van der Waals surface area contributed by atoms with Gasteiger partial charge < -0.3 is 72.5 Å². The molecule has 0 spiro atoms. The van der Waals surface area contributed by atoms with Crippen LogP contribution in [-0.4, -0.2) is 260 Å². The predicted octanol–water partition coefficient (Wildman–Crippen LogP) is 14.1. The van der Waals surface area contributed by atoms with Gasteiger partial charge in [-0.25, -0.2) is 24.5 Å². The van der Waals surface area contributed by atoms with Crippen LogP contribution in [0.4, 0.5) is 22.7 Å². The van der Waals surface area contributed by atoms with E-state index in [0.29, 0.717) is 175 Å². The monoisotopic (exact) mass is 1640 g/mol. The highest BCUT2D eigenvalue weighted by atomic mass is 35.5. The summed E-state index contributed by atoms with van der Waals surface area (Å²) >= 11 is 24.2. The number of esters is 2. The summed E-state index contributed by atoms with van der Waals surface area (Å²) in [5.74, 6) is 0.0603. The molecule has 30 heteroatoms. The number of benzene rings is 6. The number of hydrogen-bond donors (Lipinski definition) is 0. The fourth-order valence-electron chi connectivity index (χ4n) is 13.7. The van der Waals surface area contributed by atoms with Crippen LogP contribution in [0.3, 0.4) is 0 Å². The highest BCUT2D eigenvalue weighted by Gasteiger charge is 2.36. The van der Waals surface area contributed by atoms with E-state index in [9.17, 15) is 34.1 Å². The number of amides is 3. The molecule has 6 aromatic carbocycles. The fraction of sp³-hybridized carbons (Fsp3) is 0.405. The molecule has 3 saturated heterocycles. The first-order valence-corrected chi connectivity index (χ1v) is 39.6. The first-order valence-electron chi connectivity index (χ1n) is 38.1. The lowest BCUT2D eigenvalue weighted by Crippen LogP contribution is -2.49. The van der Waals surface area contributed by atoms with E-state index in [1.165, 1.54) is 0 Å². The number of piperazine rings is 3. The minimum absolute atomic E-state index is 0.0155. The van der Waals surface area contributed by atoms with Crippen LogP contribution in [0.15, 0.2) is 121 Å². The second-order valence-corrected chi connectivity index (χ2v) is 30.1. The zero-order chi connectivity index (χ0) is 81.9. The van der Waals surface area contributed by atoms with Crippen molar-refractivity contribution in [2.75, 3.05) is 195 Å². The number of carbonyl (C=O) groups excluding carboxylic acids is 5. The van der Waals surface area contributed by atoms with Crippen LogP contribution < -0.4 is 33.6 Å². The Morgan fingerprint density at radius 2 is 0.798 bits per heavy atom. The Balaban J connectivity index is 0.000000181. The maximum absolute atomic E-state index is 13.4. The molecule has 0 radical (unpaired) electrons. The van der Waals surface area contributed by atoms with E-state index in [0.717, 1.165) is 76.8 Å². The number of rotatable bonds is 27. The largest absolute Gasteiger partial charge is 0.497 e. The minimum Gasteiger partial charge on any atom is -0.497 e. The molecule has 0 bridgehead atoms. The van der Waals surface area contributed by atoms with Gasteiger partial charge in [-0.2, -0.15) is 0 Å². The first-order chi connectivity index (χ1) is 54.8. The molecule has 0 N–H and O–H groups in total. The third kappa shape index (κ3) is 21.9. The Morgan fingerprint density at radius 1 is 0.439 bits per heavy atom. The molecule has 0 atom stereocenters. The average Bonchev–Trinajstić information content (AvgIpc) is 0.765. The van der Waals surface area contributed by atoms with E-state index in [4.69, 9.17) is 84.8 Å². The molecule has 3 aliphatic heterocycles. The quantitative estimate of drug-likeness (QED) is 0.0201. The van der Waals surface area contributed by atoms with Crippen molar-refractivity contribution in [2.24, 2.45) is 0 Å². The second kappa shape index (κ2) is 40.8. The van der Waals surface area contributed by atoms with Gasteiger partial charge in [0, 0.05) is 131 Å². The molecule has 26 nitrogen and oxygen atoms in total. The number of aromatic nitrogens is 3. The Kier molecular flexibility index (Phi) is 30.9. The number of anilines is 3. The van der Waals surface area contributed by atoms with E-state index in [-0.39, 0.29) is 54.3 Å². The van der Waals surface area contributed by atoms with Gasteiger partial charge in [0.2, 0.25) is 11.8 Å². The van der Waals surface area contributed by atoms with Crippen molar-refractivity contribution in [1.82, 2.24) is 44.4 Å². The van der Waals surface area contributed by atoms with Crippen LogP contribution in [-0.2, 0) is 9.47 Å². The van der Waals surface area contributed by atoms with Crippen molar-refractivity contribution < 1.29 is 57.3 Å². The predicted molar refractivity (Wildman–Crippen MR) is 450 cm³/mol. The number of nitrogens with zero attached hydrogens (tertiary/aromatic N) is 13. The van der Waals surface area contributed by atoms with Crippen LogP contribution >= 0.6 is 46.4 Å². The second-order valence-electron chi connectivity index (χ2n) is 28.5. The lowest BCUT2D eigenvalue weighted by Gasteiger charge is -2.37. The number of nitro groups is 1. The summed E-state index contributed by atoms with van der Waals surface area (Å²) in [7, 11) is 13.6. The van der Waals surface area contributed by atoms with Crippen LogP contribution in [0.5, 0.6) is 23.4 Å². The Morgan fingerprint density at radius 3 is 1.18 bits per heavy atom. The van der Waals surface area contributed by atoms with Gasteiger partial charge in [0.25, 0.3) is 23.6 Å². The average molecular weight is 1640 g/mol. The van der Waals surface area contributed by atoms with Crippen LogP contribution in [0.25, 0.3) is 32.7 Å². The number of fused-ring (bicyclic) bond motifs is 3. The number of aryl methyl sites for hydroxylation is 2. The SMILES string of the molecule is CCOC(=O)c1c(OCCCN(C)C)nc2ccc(C)cc2c1N1CCN(C(=O)c2ccc(Cl)c(Cl)c2)CC1.CCOC(=O)c1c(OCCCN(C)C)nc2ccc(C)cc2c1N1CCN(C(=O)c2ccc(OC)cc2)CC1.CN(C)CCCOc1nc2ccccc2c(N2CCN(C(=O)c3ccc(Cl)c(Cl)c3)CC2)c1[N+](=O)[O-]. The molecule has 3 amide bonds. The summed E-state index contributed by atoms with van der Waals surface area (Å²) in [6.45, 7) is 17.5. The third-order valence-electron chi connectivity index (χ3n) is 19.4. The van der Waals surface area contributed by atoms with E-state index in [1.54, 1.807) is 91.4 Å². The standard InChI is InChI=1S/C30H38N4O5.C29H34Cl2N4O4.C25H27Cl2N5O4/c1-6-38-30(36)26-27(24-20-21(2)8-13-25(24)31-28(26)39-19-7-14-32(3)4)33-15-17-34(18-16-33)29(35)22-9-11-23(37-5)12-10-22;1-5-38-29(37)25-26(21-17-19(2)7-10-24(21)32-27(25)39-16-6-11-33(3)4)34-12-14-35(15-13-34)28(36)20-8-9-22(30)23(31)18-20;1-29(2)10-5-15-36-24-23(32(34)35)22(18-6-3-4-7-21(18)28-24)30-11-13-31(14-12-30)25(33)17-8-9-19(26)20(27)16-17/h8-13,20H,6-7,14-19H2,1-5H3;7-10,17-18H,5-6,11-16H2,1-4H3;3-4,6-9,16H,5,10-15H2,1-2H3. The maximum Gasteiger partial charge on any atom is 0.354 e. The topological polar surface area (TPSA) is 252 Å². The van der Waals surface area contributed by atoms with Gasteiger partial charge in [-0.05, 0) is 180 Å². The molecular formula is C84H99Cl4N13O13. The van der Waals surface area contributed by atoms with Crippen molar-refractivity contribution in [3.8, 4) is 23.4 Å². The summed E-state index contributed by atoms with van der Waals surface area (Å²) in [6.07, 6.45) is 2.29. The van der Waals surface area contributed by atoms with Crippen molar-refractivity contribution in [3.63, 3.8) is 0 Å². The van der Waals surface area contributed by atoms with Crippen molar-refractivity contribution in [2.45, 2.75) is 47.0 Å². The maximum atomic E-state index is 13.4. The van der Waals surface area contributed by atoms with Gasteiger partial charge in [-0.15, -0.1) is 0 Å². The lowest BCUT2D eigenvalue weighted by atomic mass is 10.0. The van der Waals surface area contributed by atoms with E-state index in [1.807, 2.05) is 131 Å². The highest BCUT2D eigenvalue weighted by Crippen LogP contribution is 2.44. The van der Waals surface area contributed by atoms with Gasteiger partial charge >= 0.3 is 17.6 Å². The van der Waals surface area contributed by atoms with Gasteiger partial charge in [0.15, 0.2) is 0 Å². The molecule has 0 saturated carbocycles. The number of pyridine rings is 3. The molecule has 3 aliphatic rings. The van der Waals surface area contributed by atoms with Crippen molar-refractivity contribution >= 4 is 132 Å². The Bertz CT molecular complexity index is 4900. The number of hydrogen-bond acceptors (Lipinski definition) is 22. The van der Waals surface area contributed by atoms with E-state index in [2.05, 4.69) is 24.6 Å². The number of para-hydroxylation sites is 1. The minimum atomic E-state index is -0.472.